The van der Waals surface area contributed by atoms with Crippen LogP contribution >= 0.6 is 34.5 Å². The number of anilines is 1. The number of thiophene rings is 1. The van der Waals surface area contributed by atoms with Crippen molar-refractivity contribution in [3.05, 3.63) is 85.9 Å². The minimum absolute atomic E-state index is 0.188. The Bertz CT molecular complexity index is 1160. The van der Waals surface area contributed by atoms with E-state index in [1.165, 1.54) is 11.3 Å². The number of aryl methyl sites for hydroxylation is 1. The predicted octanol–water partition coefficient (Wildman–Crippen LogP) is 5.11. The van der Waals surface area contributed by atoms with Crippen molar-refractivity contribution < 1.29 is 4.79 Å². The summed E-state index contributed by atoms with van der Waals surface area (Å²) >= 11 is 13.3. The Hall–Kier alpha value is -2.61. The molecule has 0 radical (unpaired) electrons. The summed E-state index contributed by atoms with van der Waals surface area (Å²) in [5, 5.41) is 14.7. The zero-order chi connectivity index (χ0) is 20.4. The zero-order valence-corrected chi connectivity index (χ0v) is 17.8. The second kappa shape index (κ2) is 8.41. The molecule has 0 aliphatic heterocycles. The molecule has 4 rings (SSSR count). The average Bonchev–Trinajstić information content (AvgIpc) is 3.37. The second-order valence-corrected chi connectivity index (χ2v) is 8.37. The number of hydrogen-bond acceptors (Lipinski definition) is 4. The molecule has 3 aromatic heterocycles. The fraction of sp³-hybridized carbons (Fsp3) is 0.150. The summed E-state index contributed by atoms with van der Waals surface area (Å²) in [6, 6.07) is 11.3. The highest BCUT2D eigenvalue weighted by Crippen LogP contribution is 2.19. The minimum atomic E-state index is -0.188. The highest BCUT2D eigenvalue weighted by molar-refractivity contribution is 7.12. The standard InChI is InChI=1S/C20H17Cl2N5OS/c1-13-5-19(25-27(13)10-14-3-2-4-16(21)6-14)24-20(28)18-7-15(12-29-18)9-26-11-17(22)8-23-26/h2-8,11-12H,9-10H2,1H3,(H,24,25,28). The molecule has 29 heavy (non-hydrogen) atoms. The van der Waals surface area contributed by atoms with Crippen LogP contribution in [0, 0.1) is 6.92 Å². The highest BCUT2D eigenvalue weighted by Gasteiger charge is 2.13. The van der Waals surface area contributed by atoms with Crippen LogP contribution in [0.25, 0.3) is 0 Å². The molecule has 0 unspecified atom stereocenters. The Morgan fingerprint density at radius 2 is 2.00 bits per heavy atom. The monoisotopic (exact) mass is 445 g/mol. The van der Waals surface area contributed by atoms with Crippen LogP contribution in [0.15, 0.2) is 54.2 Å². The number of nitrogens with one attached hydrogen (secondary N) is 1. The van der Waals surface area contributed by atoms with Gasteiger partial charge in [-0.15, -0.1) is 11.3 Å². The number of carbonyl (C=O) groups is 1. The van der Waals surface area contributed by atoms with Gasteiger partial charge < -0.3 is 5.32 Å². The summed E-state index contributed by atoms with van der Waals surface area (Å²) in [5.41, 5.74) is 2.98. The van der Waals surface area contributed by atoms with Gasteiger partial charge in [0.1, 0.15) is 0 Å². The Kier molecular flexibility index (Phi) is 5.71. The van der Waals surface area contributed by atoms with E-state index in [-0.39, 0.29) is 5.91 Å². The predicted molar refractivity (Wildman–Crippen MR) is 116 cm³/mol. The summed E-state index contributed by atoms with van der Waals surface area (Å²) in [6.45, 7) is 3.09. The summed E-state index contributed by atoms with van der Waals surface area (Å²) in [5.74, 6) is 0.329. The lowest BCUT2D eigenvalue weighted by molar-refractivity contribution is 0.103. The minimum Gasteiger partial charge on any atom is -0.304 e. The molecule has 0 bridgehead atoms. The molecule has 0 atom stereocenters. The van der Waals surface area contributed by atoms with Gasteiger partial charge in [0.05, 0.1) is 29.2 Å². The van der Waals surface area contributed by atoms with E-state index >= 15 is 0 Å². The van der Waals surface area contributed by atoms with Crippen molar-refractivity contribution in [1.82, 2.24) is 19.6 Å². The lowest BCUT2D eigenvalue weighted by atomic mass is 10.2. The van der Waals surface area contributed by atoms with Gasteiger partial charge >= 0.3 is 0 Å². The first-order valence-electron chi connectivity index (χ1n) is 8.82. The maximum atomic E-state index is 12.6. The molecule has 0 aliphatic carbocycles. The molecule has 6 nitrogen and oxygen atoms in total. The molecule has 1 N–H and O–H groups in total. The van der Waals surface area contributed by atoms with Crippen molar-refractivity contribution >= 4 is 46.3 Å². The van der Waals surface area contributed by atoms with E-state index in [1.807, 2.05) is 53.4 Å². The van der Waals surface area contributed by atoms with Gasteiger partial charge in [-0.2, -0.15) is 10.2 Å². The summed E-state index contributed by atoms with van der Waals surface area (Å²) in [4.78, 5) is 13.2. The first-order chi connectivity index (χ1) is 14.0. The van der Waals surface area contributed by atoms with E-state index < -0.39 is 0 Å². The fourth-order valence-corrected chi connectivity index (χ4v) is 4.07. The average molecular weight is 446 g/mol. The number of halogens is 2. The van der Waals surface area contributed by atoms with E-state index in [0.717, 1.165) is 16.8 Å². The van der Waals surface area contributed by atoms with Gasteiger partial charge in [0, 0.05) is 23.0 Å². The number of rotatable bonds is 6. The quantitative estimate of drug-likeness (QED) is 0.448. The van der Waals surface area contributed by atoms with Gasteiger partial charge in [0.25, 0.3) is 5.91 Å². The van der Waals surface area contributed by atoms with Crippen LogP contribution in [-0.4, -0.2) is 25.5 Å². The molecule has 0 saturated carbocycles. The molecule has 0 aliphatic rings. The molecule has 4 aromatic rings. The summed E-state index contributed by atoms with van der Waals surface area (Å²) in [6.07, 6.45) is 3.33. The topological polar surface area (TPSA) is 64.7 Å². The number of hydrogen-bond donors (Lipinski definition) is 1. The summed E-state index contributed by atoms with van der Waals surface area (Å²) in [7, 11) is 0. The number of aromatic nitrogens is 4. The van der Waals surface area contributed by atoms with Crippen molar-refractivity contribution in [2.24, 2.45) is 0 Å². The van der Waals surface area contributed by atoms with Crippen molar-refractivity contribution in [2.75, 3.05) is 5.32 Å². The molecule has 9 heteroatoms. The van der Waals surface area contributed by atoms with Crippen LogP contribution in [-0.2, 0) is 13.1 Å². The van der Waals surface area contributed by atoms with Crippen molar-refractivity contribution in [2.45, 2.75) is 20.0 Å². The maximum absolute atomic E-state index is 12.6. The van der Waals surface area contributed by atoms with Crippen LogP contribution in [0.1, 0.15) is 26.5 Å². The van der Waals surface area contributed by atoms with Gasteiger partial charge in [-0.1, -0.05) is 35.3 Å². The van der Waals surface area contributed by atoms with E-state index in [4.69, 9.17) is 23.2 Å². The zero-order valence-electron chi connectivity index (χ0n) is 15.5. The molecule has 1 amide bonds. The third-order valence-electron chi connectivity index (χ3n) is 4.27. The molecule has 0 saturated heterocycles. The summed E-state index contributed by atoms with van der Waals surface area (Å²) < 4.78 is 3.56. The normalized spacial score (nSPS) is 11.0. The number of nitrogens with zero attached hydrogens (tertiary/aromatic N) is 4. The third-order valence-corrected chi connectivity index (χ3v) is 5.68. The maximum Gasteiger partial charge on any atom is 0.266 e. The lowest BCUT2D eigenvalue weighted by Gasteiger charge is -2.05. The Morgan fingerprint density at radius 1 is 1.14 bits per heavy atom. The Balaban J connectivity index is 1.42. The Labute approximate surface area is 181 Å². The van der Waals surface area contributed by atoms with Gasteiger partial charge in [0.2, 0.25) is 0 Å². The smallest absolute Gasteiger partial charge is 0.266 e. The number of amides is 1. The fourth-order valence-electron chi connectivity index (χ4n) is 2.91. The van der Waals surface area contributed by atoms with Gasteiger partial charge in [-0.25, -0.2) is 0 Å². The van der Waals surface area contributed by atoms with Crippen LogP contribution in [0.5, 0.6) is 0 Å². The van der Waals surface area contributed by atoms with E-state index in [9.17, 15) is 4.79 Å². The Morgan fingerprint density at radius 3 is 2.76 bits per heavy atom. The van der Waals surface area contributed by atoms with Gasteiger partial charge in [-0.3, -0.25) is 14.2 Å². The molecule has 0 fully saturated rings. The van der Waals surface area contributed by atoms with Crippen molar-refractivity contribution in [3.63, 3.8) is 0 Å². The molecular weight excluding hydrogens is 429 g/mol. The van der Waals surface area contributed by atoms with E-state index in [2.05, 4.69) is 15.5 Å². The van der Waals surface area contributed by atoms with E-state index in [0.29, 0.717) is 33.8 Å². The van der Waals surface area contributed by atoms with Crippen LogP contribution in [0.3, 0.4) is 0 Å². The molecule has 148 valence electrons. The van der Waals surface area contributed by atoms with Gasteiger partial charge in [-0.05, 0) is 41.6 Å². The second-order valence-electron chi connectivity index (χ2n) is 6.59. The molecular formula is C20H17Cl2N5OS. The molecule has 1 aromatic carbocycles. The van der Waals surface area contributed by atoms with Crippen LogP contribution < -0.4 is 5.32 Å². The van der Waals surface area contributed by atoms with Crippen LogP contribution in [0.4, 0.5) is 5.82 Å². The van der Waals surface area contributed by atoms with Crippen molar-refractivity contribution in [1.29, 1.82) is 0 Å². The highest BCUT2D eigenvalue weighted by atomic mass is 35.5. The van der Waals surface area contributed by atoms with E-state index in [1.54, 1.807) is 17.1 Å². The number of carbonyl (C=O) groups excluding carboxylic acids is 1. The van der Waals surface area contributed by atoms with Gasteiger partial charge in [0.15, 0.2) is 5.82 Å². The first kappa shape index (κ1) is 19.7. The van der Waals surface area contributed by atoms with Crippen LogP contribution in [0.2, 0.25) is 10.0 Å². The molecule has 0 spiro atoms. The lowest BCUT2D eigenvalue weighted by Crippen LogP contribution is -2.11. The largest absolute Gasteiger partial charge is 0.304 e. The third kappa shape index (κ3) is 4.87. The van der Waals surface area contributed by atoms with Crippen molar-refractivity contribution in [3.8, 4) is 0 Å². The first-order valence-corrected chi connectivity index (χ1v) is 10.5. The number of benzene rings is 1. The molecule has 3 heterocycles. The SMILES string of the molecule is Cc1cc(NC(=O)c2cc(Cn3cc(Cl)cn3)cs2)nn1Cc1cccc(Cl)c1.